The first-order valence-corrected chi connectivity index (χ1v) is 10.4. The summed E-state index contributed by atoms with van der Waals surface area (Å²) in [7, 11) is 0. The lowest BCUT2D eigenvalue weighted by Gasteiger charge is -2.30. The molecular formula is C19H26N4O2S. The van der Waals surface area contributed by atoms with Gasteiger partial charge in [0.1, 0.15) is 10.7 Å². The zero-order valence-electron chi connectivity index (χ0n) is 15.4. The first-order valence-electron chi connectivity index (χ1n) is 9.60. The number of carbonyl (C=O) groups is 1. The highest BCUT2D eigenvalue weighted by Crippen LogP contribution is 2.28. The lowest BCUT2D eigenvalue weighted by Crippen LogP contribution is -2.48. The Labute approximate surface area is 157 Å². The van der Waals surface area contributed by atoms with Crippen LogP contribution < -0.4 is 16.2 Å². The van der Waals surface area contributed by atoms with E-state index in [0.717, 1.165) is 63.1 Å². The van der Waals surface area contributed by atoms with Gasteiger partial charge in [0, 0.05) is 19.0 Å². The number of hydrogen-bond acceptors (Lipinski definition) is 5. The van der Waals surface area contributed by atoms with Crippen LogP contribution in [0.25, 0.3) is 10.2 Å². The molecule has 4 heterocycles. The first kappa shape index (κ1) is 17.7. The summed E-state index contributed by atoms with van der Waals surface area (Å²) < 4.78 is 1.83. The second-order valence-corrected chi connectivity index (χ2v) is 8.58. The highest BCUT2D eigenvalue weighted by atomic mass is 32.1. The van der Waals surface area contributed by atoms with Gasteiger partial charge in [-0.15, -0.1) is 11.3 Å². The van der Waals surface area contributed by atoms with E-state index in [1.54, 1.807) is 0 Å². The molecule has 2 unspecified atom stereocenters. The third-order valence-corrected chi connectivity index (χ3v) is 6.90. The van der Waals surface area contributed by atoms with E-state index in [9.17, 15) is 9.59 Å². The highest BCUT2D eigenvalue weighted by Gasteiger charge is 2.26. The van der Waals surface area contributed by atoms with Gasteiger partial charge >= 0.3 is 0 Å². The van der Waals surface area contributed by atoms with Crippen molar-refractivity contribution in [3.63, 3.8) is 0 Å². The van der Waals surface area contributed by atoms with Gasteiger partial charge in [-0.25, -0.2) is 4.98 Å². The molecule has 0 bridgehead atoms. The SMILES string of the molecule is Cc1c(C(=O)NC2CCNCC2C)sc2nc3n(c(=O)c12)CCCCC3. The maximum atomic E-state index is 13.0. The maximum Gasteiger partial charge on any atom is 0.262 e. The maximum absolute atomic E-state index is 13.0. The predicted molar refractivity (Wildman–Crippen MR) is 104 cm³/mol. The van der Waals surface area contributed by atoms with Crippen molar-refractivity contribution in [1.82, 2.24) is 20.2 Å². The number of fused-ring (bicyclic) bond motifs is 2. The number of rotatable bonds is 2. The zero-order valence-corrected chi connectivity index (χ0v) is 16.2. The Morgan fingerprint density at radius 1 is 1.35 bits per heavy atom. The number of aryl methyl sites for hydroxylation is 2. The normalized spacial score (nSPS) is 23.5. The summed E-state index contributed by atoms with van der Waals surface area (Å²) in [5, 5.41) is 7.16. The average molecular weight is 375 g/mol. The standard InChI is InChI=1S/C19H26N4O2S/c1-11-10-20-8-7-13(11)21-17(24)16-12(2)15-18(26-16)22-14-6-4-3-5-9-23(14)19(15)25/h11,13,20H,3-10H2,1-2H3,(H,21,24). The molecule has 6 nitrogen and oxygen atoms in total. The summed E-state index contributed by atoms with van der Waals surface area (Å²) in [4.78, 5) is 32.0. The topological polar surface area (TPSA) is 76.0 Å². The number of carbonyl (C=O) groups excluding carboxylic acids is 1. The molecule has 1 amide bonds. The molecule has 140 valence electrons. The molecule has 0 radical (unpaired) electrons. The molecule has 4 rings (SSSR count). The summed E-state index contributed by atoms with van der Waals surface area (Å²) in [6, 6.07) is 0.180. The molecule has 2 aromatic heterocycles. The molecule has 7 heteroatoms. The first-order chi connectivity index (χ1) is 12.6. The quantitative estimate of drug-likeness (QED) is 0.845. The number of piperidine rings is 1. The van der Waals surface area contributed by atoms with Crippen LogP contribution in [0.1, 0.15) is 53.7 Å². The van der Waals surface area contributed by atoms with Crippen molar-refractivity contribution in [3.05, 3.63) is 26.6 Å². The summed E-state index contributed by atoms with van der Waals surface area (Å²) in [5.74, 6) is 1.21. The van der Waals surface area contributed by atoms with Gasteiger partial charge in [-0.3, -0.25) is 14.2 Å². The van der Waals surface area contributed by atoms with E-state index in [-0.39, 0.29) is 17.5 Å². The van der Waals surface area contributed by atoms with Crippen LogP contribution in [0.5, 0.6) is 0 Å². The molecule has 1 saturated heterocycles. The molecule has 2 atom stereocenters. The lowest BCUT2D eigenvalue weighted by molar-refractivity contribution is 0.0918. The van der Waals surface area contributed by atoms with Crippen LogP contribution in [0.15, 0.2) is 4.79 Å². The van der Waals surface area contributed by atoms with Crippen LogP contribution in [0.3, 0.4) is 0 Å². The minimum atomic E-state index is -0.0659. The van der Waals surface area contributed by atoms with E-state index < -0.39 is 0 Å². The molecule has 0 saturated carbocycles. The van der Waals surface area contributed by atoms with Crippen molar-refractivity contribution in [3.8, 4) is 0 Å². The van der Waals surface area contributed by atoms with E-state index in [4.69, 9.17) is 4.98 Å². The van der Waals surface area contributed by atoms with E-state index in [0.29, 0.717) is 21.0 Å². The molecule has 0 aromatic carbocycles. The molecule has 2 N–H and O–H groups in total. The molecule has 2 aliphatic rings. The van der Waals surface area contributed by atoms with Crippen LogP contribution in [0, 0.1) is 12.8 Å². The predicted octanol–water partition coefficient (Wildman–Crippen LogP) is 2.22. The van der Waals surface area contributed by atoms with Crippen LogP contribution in [-0.2, 0) is 13.0 Å². The fourth-order valence-corrected chi connectivity index (χ4v) is 5.18. The molecule has 0 aliphatic carbocycles. The highest BCUT2D eigenvalue weighted by molar-refractivity contribution is 7.20. The molecule has 1 fully saturated rings. The number of amides is 1. The molecule has 2 aromatic rings. The lowest BCUT2D eigenvalue weighted by atomic mass is 9.95. The zero-order chi connectivity index (χ0) is 18.3. The van der Waals surface area contributed by atoms with Gasteiger partial charge < -0.3 is 10.6 Å². The van der Waals surface area contributed by atoms with E-state index in [2.05, 4.69) is 17.6 Å². The fraction of sp³-hybridized carbons (Fsp3) is 0.632. The van der Waals surface area contributed by atoms with Gasteiger partial charge in [0.2, 0.25) is 0 Å². The van der Waals surface area contributed by atoms with Gasteiger partial charge in [-0.2, -0.15) is 0 Å². The van der Waals surface area contributed by atoms with E-state index in [1.807, 2.05) is 11.5 Å². The van der Waals surface area contributed by atoms with Crippen LogP contribution in [0.2, 0.25) is 0 Å². The number of nitrogens with zero attached hydrogens (tertiary/aromatic N) is 2. The summed E-state index contributed by atoms with van der Waals surface area (Å²) >= 11 is 1.36. The van der Waals surface area contributed by atoms with Crippen LogP contribution in [0.4, 0.5) is 0 Å². The van der Waals surface area contributed by atoms with E-state index in [1.165, 1.54) is 11.3 Å². The second kappa shape index (κ2) is 7.12. The molecule has 2 aliphatic heterocycles. The average Bonchev–Trinajstić information content (AvgIpc) is 2.80. The van der Waals surface area contributed by atoms with Gasteiger partial charge in [-0.05, 0) is 50.8 Å². The fourth-order valence-electron chi connectivity index (χ4n) is 4.09. The number of aromatic nitrogens is 2. The van der Waals surface area contributed by atoms with Gasteiger partial charge in [0.05, 0.1) is 10.3 Å². The summed E-state index contributed by atoms with van der Waals surface area (Å²) in [6.07, 6.45) is 5.01. The second-order valence-electron chi connectivity index (χ2n) is 7.58. The minimum Gasteiger partial charge on any atom is -0.348 e. The summed E-state index contributed by atoms with van der Waals surface area (Å²) in [5.41, 5.74) is 0.802. The molecular weight excluding hydrogens is 348 g/mol. The minimum absolute atomic E-state index is 0.0231. The van der Waals surface area contributed by atoms with E-state index >= 15 is 0 Å². The summed E-state index contributed by atoms with van der Waals surface area (Å²) in [6.45, 7) is 6.62. The Morgan fingerprint density at radius 2 is 2.19 bits per heavy atom. The Balaban J connectivity index is 1.70. The Bertz CT molecular complexity index is 901. The Morgan fingerprint density at radius 3 is 3.00 bits per heavy atom. The van der Waals surface area contributed by atoms with Gasteiger partial charge in [-0.1, -0.05) is 13.3 Å². The Kier molecular flexibility index (Phi) is 4.84. The number of thiophene rings is 1. The van der Waals surface area contributed by atoms with Crippen molar-refractivity contribution in [2.45, 2.75) is 58.5 Å². The van der Waals surface area contributed by atoms with Gasteiger partial charge in [0.25, 0.3) is 11.5 Å². The van der Waals surface area contributed by atoms with Crippen LogP contribution in [-0.4, -0.2) is 34.6 Å². The molecule has 26 heavy (non-hydrogen) atoms. The third kappa shape index (κ3) is 3.07. The van der Waals surface area contributed by atoms with Crippen molar-refractivity contribution >= 4 is 27.5 Å². The van der Waals surface area contributed by atoms with Crippen molar-refractivity contribution in [2.24, 2.45) is 5.92 Å². The third-order valence-electron chi connectivity index (χ3n) is 5.72. The van der Waals surface area contributed by atoms with Crippen molar-refractivity contribution in [1.29, 1.82) is 0 Å². The van der Waals surface area contributed by atoms with Gasteiger partial charge in [0.15, 0.2) is 0 Å². The number of hydrogen-bond donors (Lipinski definition) is 2. The largest absolute Gasteiger partial charge is 0.348 e. The van der Waals surface area contributed by atoms with Crippen LogP contribution >= 0.6 is 11.3 Å². The smallest absolute Gasteiger partial charge is 0.262 e. The van der Waals surface area contributed by atoms with Crippen molar-refractivity contribution < 1.29 is 4.79 Å². The number of nitrogens with one attached hydrogen (secondary N) is 2. The molecule has 0 spiro atoms. The Hall–Kier alpha value is -1.73. The monoisotopic (exact) mass is 374 g/mol. The van der Waals surface area contributed by atoms with Crippen molar-refractivity contribution in [2.75, 3.05) is 13.1 Å².